The minimum absolute atomic E-state index is 0.0860. The number of esters is 1. The molecule has 2 saturated carbocycles. The minimum Gasteiger partial charge on any atom is -0.461 e. The second kappa shape index (κ2) is 2.36. The lowest BCUT2D eigenvalue weighted by atomic mass is 9.89. The highest BCUT2D eigenvalue weighted by Gasteiger charge is 2.66. The van der Waals surface area contributed by atoms with Crippen LogP contribution in [0.3, 0.4) is 0 Å². The Labute approximate surface area is 96.2 Å². The summed E-state index contributed by atoms with van der Waals surface area (Å²) >= 11 is 2.48. The van der Waals surface area contributed by atoms with E-state index in [1.165, 1.54) is 0 Å². The Morgan fingerprint density at radius 1 is 1.36 bits per heavy atom. The summed E-state index contributed by atoms with van der Waals surface area (Å²) in [6.45, 7) is 0. The SMILES string of the molecule is O=C1O[C@@H]2[C@@H](I)[C@@H]3C=C[C@@H]4C[C@H]1[C@H]2[C@@H]34. The maximum Gasteiger partial charge on any atom is 0.309 e. The number of alkyl halides is 1. The molecule has 0 N–H and O–H groups in total. The van der Waals surface area contributed by atoms with Crippen LogP contribution >= 0.6 is 22.6 Å². The molecule has 74 valence electrons. The normalized spacial score (nSPS) is 62.1. The summed E-state index contributed by atoms with van der Waals surface area (Å²) in [5.74, 6) is 2.98. The molecule has 0 aromatic rings. The fraction of sp³-hybridized carbons (Fsp3) is 0.727. The van der Waals surface area contributed by atoms with Gasteiger partial charge >= 0.3 is 5.97 Å². The van der Waals surface area contributed by atoms with E-state index in [9.17, 15) is 4.79 Å². The van der Waals surface area contributed by atoms with Crippen LogP contribution in [0.4, 0.5) is 0 Å². The lowest BCUT2D eigenvalue weighted by Crippen LogP contribution is -2.21. The first-order valence-electron chi connectivity index (χ1n) is 5.30. The van der Waals surface area contributed by atoms with E-state index >= 15 is 0 Å². The summed E-state index contributed by atoms with van der Waals surface area (Å²) < 4.78 is 6.03. The molecule has 4 rings (SSSR count). The maximum absolute atomic E-state index is 11.6. The smallest absolute Gasteiger partial charge is 0.309 e. The van der Waals surface area contributed by atoms with Crippen molar-refractivity contribution in [3.05, 3.63) is 12.2 Å². The van der Waals surface area contributed by atoms with Gasteiger partial charge in [-0.1, -0.05) is 34.7 Å². The summed E-state index contributed by atoms with van der Waals surface area (Å²) in [6.07, 6.45) is 6.01. The molecule has 0 aromatic heterocycles. The van der Waals surface area contributed by atoms with Gasteiger partial charge < -0.3 is 4.74 Å². The monoisotopic (exact) mass is 302 g/mol. The van der Waals surface area contributed by atoms with Crippen molar-refractivity contribution < 1.29 is 9.53 Å². The zero-order chi connectivity index (χ0) is 9.45. The van der Waals surface area contributed by atoms with E-state index in [0.717, 1.165) is 12.3 Å². The molecule has 0 unspecified atom stereocenters. The Hall–Kier alpha value is -0.0600. The van der Waals surface area contributed by atoms with Crippen LogP contribution in [-0.4, -0.2) is 16.0 Å². The van der Waals surface area contributed by atoms with E-state index in [4.69, 9.17) is 4.74 Å². The first-order valence-corrected chi connectivity index (χ1v) is 6.55. The molecule has 0 amide bonds. The van der Waals surface area contributed by atoms with E-state index in [1.807, 2.05) is 0 Å². The second-order valence-corrected chi connectivity index (χ2v) is 6.41. The Morgan fingerprint density at radius 2 is 2.21 bits per heavy atom. The molecule has 0 spiro atoms. The molecule has 3 fully saturated rings. The number of carbonyl (C=O) groups is 1. The van der Waals surface area contributed by atoms with Gasteiger partial charge in [-0.3, -0.25) is 4.79 Å². The first-order chi connectivity index (χ1) is 6.77. The first kappa shape index (κ1) is 8.13. The van der Waals surface area contributed by atoms with Crippen LogP contribution in [0.5, 0.6) is 0 Å². The average Bonchev–Trinajstić information content (AvgIpc) is 2.78. The molecular formula is C11H11IO2. The predicted octanol–water partition coefficient (Wildman–Crippen LogP) is 1.78. The van der Waals surface area contributed by atoms with Gasteiger partial charge in [0.1, 0.15) is 6.10 Å². The number of hydrogen-bond acceptors (Lipinski definition) is 2. The third-order valence-corrected chi connectivity index (χ3v) is 6.11. The highest BCUT2D eigenvalue weighted by atomic mass is 127. The van der Waals surface area contributed by atoms with Crippen molar-refractivity contribution in [3.8, 4) is 0 Å². The molecule has 2 nitrogen and oxygen atoms in total. The Bertz CT molecular complexity index is 351. The Balaban J connectivity index is 1.86. The van der Waals surface area contributed by atoms with Gasteiger partial charge in [0.05, 0.1) is 9.84 Å². The summed E-state index contributed by atoms with van der Waals surface area (Å²) in [4.78, 5) is 11.6. The van der Waals surface area contributed by atoms with Gasteiger partial charge in [-0.2, -0.15) is 0 Å². The molecule has 4 aliphatic rings. The lowest BCUT2D eigenvalue weighted by molar-refractivity contribution is -0.144. The van der Waals surface area contributed by atoms with Gasteiger partial charge in [0, 0.05) is 5.92 Å². The van der Waals surface area contributed by atoms with Crippen molar-refractivity contribution in [2.45, 2.75) is 16.4 Å². The van der Waals surface area contributed by atoms with Crippen LogP contribution in [-0.2, 0) is 9.53 Å². The average molecular weight is 302 g/mol. The summed E-state index contributed by atoms with van der Waals surface area (Å²) in [5, 5.41) is 0. The van der Waals surface area contributed by atoms with E-state index in [-0.39, 0.29) is 18.0 Å². The number of rotatable bonds is 0. The van der Waals surface area contributed by atoms with Gasteiger partial charge in [-0.05, 0) is 24.2 Å². The third kappa shape index (κ3) is 0.708. The van der Waals surface area contributed by atoms with Crippen molar-refractivity contribution >= 4 is 28.6 Å². The third-order valence-electron chi connectivity index (χ3n) is 4.57. The van der Waals surface area contributed by atoms with Gasteiger partial charge in [0.25, 0.3) is 0 Å². The molecule has 14 heavy (non-hydrogen) atoms. The number of ether oxygens (including phenoxy) is 1. The molecule has 0 radical (unpaired) electrons. The largest absolute Gasteiger partial charge is 0.461 e. The summed E-state index contributed by atoms with van der Waals surface area (Å²) in [7, 11) is 0. The highest BCUT2D eigenvalue weighted by Crippen LogP contribution is 2.63. The Morgan fingerprint density at radius 3 is 3.07 bits per heavy atom. The van der Waals surface area contributed by atoms with Crippen molar-refractivity contribution in [1.29, 1.82) is 0 Å². The van der Waals surface area contributed by atoms with Gasteiger partial charge in [0.2, 0.25) is 0 Å². The second-order valence-electron chi connectivity index (χ2n) is 4.97. The van der Waals surface area contributed by atoms with Crippen LogP contribution in [0.25, 0.3) is 0 Å². The van der Waals surface area contributed by atoms with Gasteiger partial charge in [0.15, 0.2) is 0 Å². The number of halogens is 1. The molecular weight excluding hydrogens is 291 g/mol. The van der Waals surface area contributed by atoms with E-state index in [2.05, 4.69) is 34.7 Å². The molecule has 0 bridgehead atoms. The van der Waals surface area contributed by atoms with Crippen LogP contribution in [0.15, 0.2) is 12.2 Å². The van der Waals surface area contributed by atoms with E-state index in [0.29, 0.717) is 21.7 Å². The van der Waals surface area contributed by atoms with Crippen LogP contribution in [0.2, 0.25) is 0 Å². The van der Waals surface area contributed by atoms with E-state index < -0.39 is 0 Å². The van der Waals surface area contributed by atoms with Crippen LogP contribution in [0.1, 0.15) is 6.42 Å². The van der Waals surface area contributed by atoms with Crippen molar-refractivity contribution in [2.24, 2.45) is 29.6 Å². The molecule has 3 heteroatoms. The van der Waals surface area contributed by atoms with Crippen molar-refractivity contribution in [3.63, 3.8) is 0 Å². The number of hydrogen-bond donors (Lipinski definition) is 0. The summed E-state index contributed by atoms with van der Waals surface area (Å²) in [6, 6.07) is 0. The number of carbonyl (C=O) groups excluding carboxylic acids is 1. The molecule has 1 saturated heterocycles. The zero-order valence-electron chi connectivity index (χ0n) is 7.60. The molecule has 3 aliphatic carbocycles. The van der Waals surface area contributed by atoms with E-state index in [1.54, 1.807) is 0 Å². The fourth-order valence-electron chi connectivity index (χ4n) is 4.13. The Kier molecular flexibility index (Phi) is 1.37. The quantitative estimate of drug-likeness (QED) is 0.295. The molecule has 0 aromatic carbocycles. The van der Waals surface area contributed by atoms with Gasteiger partial charge in [-0.25, -0.2) is 0 Å². The fourth-order valence-corrected chi connectivity index (χ4v) is 5.47. The molecule has 1 heterocycles. The number of allylic oxidation sites excluding steroid dienone is 2. The van der Waals surface area contributed by atoms with Crippen LogP contribution < -0.4 is 0 Å². The standard InChI is InChI=1S/C11H11IO2/c12-9-5-2-1-4-3-6-8(7(4)5)10(9)14-11(6)13/h1-2,4-10H,3H2/t4-,5-,6+,7-,8+,9+,10+/m1/s1. The lowest BCUT2D eigenvalue weighted by Gasteiger charge is -2.14. The maximum atomic E-state index is 11.6. The zero-order valence-corrected chi connectivity index (χ0v) is 9.76. The van der Waals surface area contributed by atoms with Gasteiger partial charge in [-0.15, -0.1) is 0 Å². The topological polar surface area (TPSA) is 26.3 Å². The van der Waals surface area contributed by atoms with Crippen molar-refractivity contribution in [2.75, 3.05) is 0 Å². The van der Waals surface area contributed by atoms with Crippen LogP contribution in [0, 0.1) is 29.6 Å². The summed E-state index contributed by atoms with van der Waals surface area (Å²) in [5.41, 5.74) is 0. The molecule has 7 atom stereocenters. The molecule has 1 aliphatic heterocycles. The van der Waals surface area contributed by atoms with Crippen molar-refractivity contribution in [1.82, 2.24) is 0 Å². The predicted molar refractivity (Wildman–Crippen MR) is 58.9 cm³/mol. The highest BCUT2D eigenvalue weighted by molar-refractivity contribution is 14.1. The minimum atomic E-state index is 0.0860.